The van der Waals surface area contributed by atoms with E-state index in [1.165, 1.54) is 0 Å². The molecule has 0 radical (unpaired) electrons. The Morgan fingerprint density at radius 3 is 1.80 bits per heavy atom. The van der Waals surface area contributed by atoms with Gasteiger partial charge in [0.2, 0.25) is 0 Å². The van der Waals surface area contributed by atoms with Crippen LogP contribution in [0.15, 0.2) is 0 Å². The van der Waals surface area contributed by atoms with Gasteiger partial charge in [-0.2, -0.15) is 0 Å². The first-order valence-electron chi connectivity index (χ1n) is 1.83. The van der Waals surface area contributed by atoms with E-state index in [-0.39, 0.29) is 0 Å². The first-order valence-corrected chi connectivity index (χ1v) is 16.9. The van der Waals surface area contributed by atoms with E-state index >= 15 is 0 Å². The fraction of sp³-hybridized carbons (Fsp3) is 1.00. The van der Waals surface area contributed by atoms with E-state index in [9.17, 15) is 0 Å². The van der Waals surface area contributed by atoms with Gasteiger partial charge >= 0.3 is 51.3 Å². The fourth-order valence-corrected chi connectivity index (χ4v) is 0. The fourth-order valence-electron chi connectivity index (χ4n) is 0. The van der Waals surface area contributed by atoms with Gasteiger partial charge in [-0.1, -0.05) is 0 Å². The molecule has 0 aromatic heterocycles. The molecule has 0 aromatic rings. The summed E-state index contributed by atoms with van der Waals surface area (Å²) >= 11 is 3.12. The van der Waals surface area contributed by atoms with E-state index in [0.29, 0.717) is 0 Å². The molecule has 0 N–H and O–H groups in total. The van der Waals surface area contributed by atoms with Crippen molar-refractivity contribution in [1.82, 2.24) is 0 Å². The third-order valence-electron chi connectivity index (χ3n) is 0.309. The van der Waals surface area contributed by atoms with Crippen molar-refractivity contribution in [2.75, 3.05) is 0 Å². The minimum absolute atomic E-state index is 0.413. The average molecular weight is 324 g/mol. The van der Waals surface area contributed by atoms with E-state index in [0.717, 1.165) is 3.43 Å². The summed E-state index contributed by atoms with van der Waals surface area (Å²) in [5.74, 6) is 0. The van der Waals surface area contributed by atoms with Crippen LogP contribution < -0.4 is 0 Å². The number of rotatable bonds is 1. The van der Waals surface area contributed by atoms with Crippen LogP contribution in [-0.2, 0) is 22.1 Å². The molecule has 0 fully saturated rings. The van der Waals surface area contributed by atoms with Gasteiger partial charge in [0.25, 0.3) is 0 Å². The predicted octanol–water partition coefficient (Wildman–Crippen LogP) is 2.21. The van der Waals surface area contributed by atoms with Crippen LogP contribution in [-0.4, -0.2) is 0 Å². The van der Waals surface area contributed by atoms with Crippen LogP contribution in [0, 0.1) is 0 Å². The average Bonchev–Trinajstić information content (AvgIpc) is 1.38. The van der Waals surface area contributed by atoms with Gasteiger partial charge in [0.15, 0.2) is 0 Å². The van der Waals surface area contributed by atoms with Crippen LogP contribution in [0.2, 0.25) is 3.43 Å². The van der Waals surface area contributed by atoms with Crippen molar-refractivity contribution in [2.45, 2.75) is 17.3 Å². The summed E-state index contributed by atoms with van der Waals surface area (Å²) in [6.45, 7) is 4.55. The van der Waals surface area contributed by atoms with Crippen LogP contribution in [0.1, 0.15) is 13.8 Å². The third-order valence-corrected chi connectivity index (χ3v) is 14.1. The predicted molar refractivity (Wildman–Crippen MR) is 24.0 cm³/mol. The molecule has 5 heavy (non-hydrogen) atoms. The first-order chi connectivity index (χ1) is 2.27. The van der Waals surface area contributed by atoms with E-state index in [2.05, 4.69) is 25.8 Å². The third kappa shape index (κ3) is 5.42. The van der Waals surface area contributed by atoms with Crippen LogP contribution in [0.4, 0.5) is 0 Å². The summed E-state index contributed by atoms with van der Waals surface area (Å²) in [7, 11) is 0. The Labute approximate surface area is 51.0 Å². The van der Waals surface area contributed by atoms with Gasteiger partial charge in [-0.25, -0.2) is 0 Å². The van der Waals surface area contributed by atoms with Crippen molar-refractivity contribution in [2.24, 2.45) is 0 Å². The van der Waals surface area contributed by atoms with Gasteiger partial charge in [0.05, 0.1) is 0 Å². The second-order valence-electron chi connectivity index (χ2n) is 1.55. The zero-order valence-electron chi connectivity index (χ0n) is 3.66. The van der Waals surface area contributed by atoms with E-state index in [4.69, 9.17) is 0 Å². The second-order valence-corrected chi connectivity index (χ2v) is 14.8. The molecule has 0 bridgehead atoms. The number of halogens is 1. The normalized spacial score (nSPS) is 8.00. The summed E-state index contributed by atoms with van der Waals surface area (Å²) in [4.78, 5) is 0. The molecular weight excluding hydrogens is 317 g/mol. The molecule has 0 saturated carbocycles. The Bertz CT molecular complexity index is 20.9. The monoisotopic (exact) mass is 324 g/mol. The molecule has 0 aliphatic heterocycles. The minimum atomic E-state index is -0.413. The van der Waals surface area contributed by atoms with Gasteiger partial charge in [0.1, 0.15) is 0 Å². The van der Waals surface area contributed by atoms with Gasteiger partial charge < -0.3 is 0 Å². The second kappa shape index (κ2) is 3.60. The van der Waals surface area contributed by atoms with Crippen LogP contribution in [0.3, 0.4) is 0 Å². The molecule has 0 aliphatic carbocycles. The van der Waals surface area contributed by atoms with E-state index in [1.54, 1.807) is 0 Å². The van der Waals surface area contributed by atoms with Crippen molar-refractivity contribution < 1.29 is 22.1 Å². The molecular formula is C3H7BrHg. The Kier molecular flexibility index (Phi) is 4.62. The van der Waals surface area contributed by atoms with E-state index in [1.807, 2.05) is 0 Å². The topological polar surface area (TPSA) is 0 Å². The molecule has 0 amide bonds. The SMILES string of the molecule is C[CH](C)[Hg][Br]. The summed E-state index contributed by atoms with van der Waals surface area (Å²) in [5, 5.41) is 0. The van der Waals surface area contributed by atoms with Gasteiger partial charge in [-0.3, -0.25) is 0 Å². The van der Waals surface area contributed by atoms with E-state index < -0.39 is 22.1 Å². The Hall–Kier alpha value is 1.42. The molecule has 0 unspecified atom stereocenters. The van der Waals surface area contributed by atoms with Crippen LogP contribution in [0.5, 0.6) is 0 Å². The van der Waals surface area contributed by atoms with Crippen molar-refractivity contribution >= 4 is 11.9 Å². The maximum atomic E-state index is 3.54. The summed E-state index contributed by atoms with van der Waals surface area (Å²) in [5.41, 5.74) is 0. The molecule has 2 heteroatoms. The van der Waals surface area contributed by atoms with Crippen LogP contribution >= 0.6 is 11.9 Å². The number of hydrogen-bond acceptors (Lipinski definition) is 0. The van der Waals surface area contributed by atoms with Crippen molar-refractivity contribution in [3.8, 4) is 0 Å². The van der Waals surface area contributed by atoms with Crippen molar-refractivity contribution in [3.05, 3.63) is 0 Å². The molecule has 28 valence electrons. The molecule has 0 aliphatic rings. The first kappa shape index (κ1) is 6.42. The molecule has 0 rings (SSSR count). The summed E-state index contributed by atoms with van der Waals surface area (Å²) < 4.78 is 1.02. The van der Waals surface area contributed by atoms with Gasteiger partial charge in [-0.15, -0.1) is 0 Å². The number of hydrogen-bond donors (Lipinski definition) is 0. The molecule has 0 heterocycles. The van der Waals surface area contributed by atoms with Crippen molar-refractivity contribution in [3.63, 3.8) is 0 Å². The zero-order valence-corrected chi connectivity index (χ0v) is 10.7. The van der Waals surface area contributed by atoms with Gasteiger partial charge in [-0.05, 0) is 0 Å². The van der Waals surface area contributed by atoms with Crippen molar-refractivity contribution in [1.29, 1.82) is 0 Å². The Morgan fingerprint density at radius 2 is 1.80 bits per heavy atom. The Morgan fingerprint density at radius 1 is 1.60 bits per heavy atom. The van der Waals surface area contributed by atoms with Crippen LogP contribution in [0.25, 0.3) is 0 Å². The summed E-state index contributed by atoms with van der Waals surface area (Å²) in [6.07, 6.45) is 0. The summed E-state index contributed by atoms with van der Waals surface area (Å²) in [6, 6.07) is 0. The molecule has 0 nitrogen and oxygen atoms in total. The Balaban J connectivity index is 2.54. The molecule has 0 aromatic carbocycles. The quantitative estimate of drug-likeness (QED) is 0.649. The van der Waals surface area contributed by atoms with Gasteiger partial charge in [0, 0.05) is 0 Å². The molecule has 0 saturated heterocycles. The molecule has 0 atom stereocenters. The zero-order chi connectivity index (χ0) is 4.28. The standard InChI is InChI=1S/C3H7.BrH.Hg/c1-3-2;;/h3H,1-2H3;1H;/q;;+1/p-1. The maximum absolute atomic E-state index is 3.54. The molecule has 0 spiro atoms.